The van der Waals surface area contributed by atoms with Crippen LogP contribution in [0.4, 0.5) is 10.1 Å². The van der Waals surface area contributed by atoms with E-state index in [1.807, 2.05) is 42.6 Å². The number of fused-ring (bicyclic) bond motifs is 1. The molecule has 0 aliphatic rings. The lowest BCUT2D eigenvalue weighted by Gasteiger charge is -2.15. The number of nitrogens with zero attached hydrogens (tertiary/aromatic N) is 1. The summed E-state index contributed by atoms with van der Waals surface area (Å²) in [6.45, 7) is 0. The Bertz CT molecular complexity index is 994. The maximum Gasteiger partial charge on any atom is 0.150 e. The van der Waals surface area contributed by atoms with E-state index in [-0.39, 0.29) is 5.82 Å². The van der Waals surface area contributed by atoms with Crippen LogP contribution < -0.4 is 5.32 Å². The zero-order chi connectivity index (χ0) is 17.2. The molecule has 0 amide bonds. The van der Waals surface area contributed by atoms with Crippen molar-refractivity contribution in [1.82, 2.24) is 9.97 Å². The van der Waals surface area contributed by atoms with Gasteiger partial charge in [-0.1, -0.05) is 24.3 Å². The van der Waals surface area contributed by atoms with Gasteiger partial charge in [0.2, 0.25) is 0 Å². The molecule has 1 unspecified atom stereocenters. The molecule has 1 atom stereocenters. The van der Waals surface area contributed by atoms with E-state index in [2.05, 4.69) is 15.3 Å². The smallest absolute Gasteiger partial charge is 0.150 e. The topological polar surface area (TPSA) is 60.9 Å². The van der Waals surface area contributed by atoms with Gasteiger partial charge in [0, 0.05) is 29.0 Å². The number of aromatic nitrogens is 2. The molecule has 0 radical (unpaired) electrons. The zero-order valence-electron chi connectivity index (χ0n) is 13.3. The number of aliphatic hydroxyl groups is 1. The van der Waals surface area contributed by atoms with E-state index in [4.69, 9.17) is 0 Å². The molecule has 0 bridgehead atoms. The van der Waals surface area contributed by atoms with Crippen LogP contribution in [0.2, 0.25) is 0 Å². The second-order valence-corrected chi connectivity index (χ2v) is 5.77. The van der Waals surface area contributed by atoms with Gasteiger partial charge in [0.1, 0.15) is 11.5 Å². The Morgan fingerprint density at radius 2 is 1.72 bits per heavy atom. The summed E-state index contributed by atoms with van der Waals surface area (Å²) < 4.78 is 12.9. The molecule has 2 aromatic heterocycles. The van der Waals surface area contributed by atoms with Gasteiger partial charge in [-0.05, 0) is 47.5 Å². The first kappa shape index (κ1) is 15.4. The van der Waals surface area contributed by atoms with Crippen LogP contribution >= 0.6 is 0 Å². The predicted molar refractivity (Wildman–Crippen MR) is 96.5 cm³/mol. The highest BCUT2D eigenvalue weighted by Gasteiger charge is 2.09. The van der Waals surface area contributed by atoms with Crippen molar-refractivity contribution >= 4 is 16.7 Å². The number of halogens is 1. The Morgan fingerprint density at radius 1 is 0.960 bits per heavy atom. The van der Waals surface area contributed by atoms with Crippen molar-refractivity contribution in [1.29, 1.82) is 0 Å². The number of aliphatic hydroxyl groups excluding tert-OH is 1. The number of nitrogens with one attached hydrogen (secondary N) is 2. The quantitative estimate of drug-likeness (QED) is 0.483. The molecule has 0 aliphatic carbocycles. The predicted octanol–water partition coefficient (Wildman–Crippen LogP) is 4.47. The summed E-state index contributed by atoms with van der Waals surface area (Å²) in [4.78, 5) is 7.40. The van der Waals surface area contributed by atoms with Crippen molar-refractivity contribution in [3.63, 3.8) is 0 Å². The molecule has 4 rings (SSSR count). The lowest BCUT2D eigenvalue weighted by atomic mass is 10.0. The number of rotatable bonds is 4. The minimum atomic E-state index is -0.871. The minimum Gasteiger partial charge on any atom is -0.369 e. The monoisotopic (exact) mass is 333 g/mol. The Morgan fingerprint density at radius 3 is 2.48 bits per heavy atom. The molecule has 0 fully saturated rings. The molecular weight excluding hydrogens is 317 g/mol. The van der Waals surface area contributed by atoms with Gasteiger partial charge in [0.15, 0.2) is 6.23 Å². The molecule has 4 nitrogen and oxygen atoms in total. The van der Waals surface area contributed by atoms with E-state index in [0.717, 1.165) is 27.7 Å². The highest BCUT2D eigenvalue weighted by molar-refractivity contribution is 5.92. The zero-order valence-corrected chi connectivity index (χ0v) is 13.3. The molecule has 5 heteroatoms. The van der Waals surface area contributed by atoms with Crippen LogP contribution in [0.15, 0.2) is 73.1 Å². The van der Waals surface area contributed by atoms with Crippen molar-refractivity contribution in [3.05, 3.63) is 84.4 Å². The average molecular weight is 333 g/mol. The number of pyridine rings is 1. The molecule has 0 saturated carbocycles. The first-order valence-corrected chi connectivity index (χ1v) is 7.93. The Kier molecular flexibility index (Phi) is 3.91. The molecule has 0 aliphatic heterocycles. The van der Waals surface area contributed by atoms with E-state index in [1.165, 1.54) is 12.1 Å². The summed E-state index contributed by atoms with van der Waals surface area (Å²) in [6.07, 6.45) is 2.77. The van der Waals surface area contributed by atoms with E-state index < -0.39 is 6.23 Å². The minimum absolute atomic E-state index is 0.308. The fourth-order valence-electron chi connectivity index (χ4n) is 2.84. The van der Waals surface area contributed by atoms with Gasteiger partial charge in [-0.2, -0.15) is 0 Å². The molecule has 124 valence electrons. The van der Waals surface area contributed by atoms with Gasteiger partial charge in [-0.25, -0.2) is 9.37 Å². The standard InChI is InChI=1S/C20H16FN3O/c21-15-5-7-16(8-6-15)24-20(25)14-3-1-13(2-4-14)17-9-11-22-19-18(17)10-12-23-19/h1-12,20,24-25H,(H,22,23). The van der Waals surface area contributed by atoms with Crippen LogP contribution in [0.25, 0.3) is 22.2 Å². The highest BCUT2D eigenvalue weighted by Crippen LogP contribution is 2.28. The molecule has 4 aromatic rings. The Labute approximate surface area is 144 Å². The third-order valence-corrected chi connectivity index (χ3v) is 4.15. The molecular formula is C20H16FN3O. The highest BCUT2D eigenvalue weighted by atomic mass is 19.1. The van der Waals surface area contributed by atoms with Crippen molar-refractivity contribution in [2.24, 2.45) is 0 Å². The van der Waals surface area contributed by atoms with E-state index in [9.17, 15) is 9.50 Å². The summed E-state index contributed by atoms with van der Waals surface area (Å²) in [7, 11) is 0. The fourth-order valence-corrected chi connectivity index (χ4v) is 2.84. The van der Waals surface area contributed by atoms with Crippen molar-refractivity contribution < 1.29 is 9.50 Å². The second kappa shape index (κ2) is 6.37. The third kappa shape index (κ3) is 3.09. The van der Waals surface area contributed by atoms with E-state index >= 15 is 0 Å². The molecule has 25 heavy (non-hydrogen) atoms. The van der Waals surface area contributed by atoms with Gasteiger partial charge in [-0.15, -0.1) is 0 Å². The second-order valence-electron chi connectivity index (χ2n) is 5.77. The van der Waals surface area contributed by atoms with Crippen LogP contribution in [0.5, 0.6) is 0 Å². The number of anilines is 1. The largest absolute Gasteiger partial charge is 0.369 e. The SMILES string of the molecule is OC(Nc1ccc(F)cc1)c1ccc(-c2ccnc3[nH]ccc23)cc1. The number of H-pyrrole nitrogens is 1. The summed E-state index contributed by atoms with van der Waals surface area (Å²) >= 11 is 0. The Balaban J connectivity index is 1.57. The number of hydrogen-bond acceptors (Lipinski definition) is 3. The van der Waals surface area contributed by atoms with Gasteiger partial charge in [0.25, 0.3) is 0 Å². The molecule has 2 aromatic carbocycles. The van der Waals surface area contributed by atoms with Crippen LogP contribution in [-0.2, 0) is 0 Å². The first-order valence-electron chi connectivity index (χ1n) is 7.93. The average Bonchev–Trinajstić information content (AvgIpc) is 3.12. The lowest BCUT2D eigenvalue weighted by Crippen LogP contribution is -2.09. The lowest BCUT2D eigenvalue weighted by molar-refractivity contribution is 0.208. The maximum absolute atomic E-state index is 12.9. The normalized spacial score (nSPS) is 12.2. The first-order chi connectivity index (χ1) is 12.2. The third-order valence-electron chi connectivity index (χ3n) is 4.15. The van der Waals surface area contributed by atoms with Gasteiger partial charge in [-0.3, -0.25) is 0 Å². The summed E-state index contributed by atoms with van der Waals surface area (Å²) in [5.74, 6) is -0.308. The maximum atomic E-state index is 12.9. The van der Waals surface area contributed by atoms with Crippen molar-refractivity contribution in [2.75, 3.05) is 5.32 Å². The number of hydrogen-bond donors (Lipinski definition) is 3. The van der Waals surface area contributed by atoms with E-state index in [1.54, 1.807) is 18.3 Å². The van der Waals surface area contributed by atoms with Crippen LogP contribution in [0, 0.1) is 5.82 Å². The van der Waals surface area contributed by atoms with Gasteiger partial charge >= 0.3 is 0 Å². The Hall–Kier alpha value is -3.18. The summed E-state index contributed by atoms with van der Waals surface area (Å²) in [6, 6.07) is 17.5. The molecule has 0 saturated heterocycles. The van der Waals surface area contributed by atoms with Crippen molar-refractivity contribution in [2.45, 2.75) is 6.23 Å². The number of benzene rings is 2. The van der Waals surface area contributed by atoms with Crippen LogP contribution in [0.1, 0.15) is 11.8 Å². The van der Waals surface area contributed by atoms with Gasteiger partial charge < -0.3 is 15.4 Å². The van der Waals surface area contributed by atoms with E-state index in [0.29, 0.717) is 5.69 Å². The van der Waals surface area contributed by atoms with Crippen molar-refractivity contribution in [3.8, 4) is 11.1 Å². The van der Waals surface area contributed by atoms with Gasteiger partial charge in [0.05, 0.1) is 0 Å². The van der Waals surface area contributed by atoms with Crippen LogP contribution in [-0.4, -0.2) is 15.1 Å². The summed E-state index contributed by atoms with van der Waals surface area (Å²) in [5.41, 5.74) is 4.36. The van der Waals surface area contributed by atoms with Crippen LogP contribution in [0.3, 0.4) is 0 Å². The molecule has 3 N–H and O–H groups in total. The number of aromatic amines is 1. The summed E-state index contributed by atoms with van der Waals surface area (Å²) in [5, 5.41) is 14.3. The fraction of sp³-hybridized carbons (Fsp3) is 0.0500. The molecule has 2 heterocycles. The molecule has 0 spiro atoms.